The molecule has 4 rings (SSSR count). The second-order valence-electron chi connectivity index (χ2n) is 9.42. The third-order valence-corrected chi connectivity index (χ3v) is 6.67. The van der Waals surface area contributed by atoms with Gasteiger partial charge >= 0.3 is 6.18 Å². The number of carbonyl (C=O) groups excluding carboxylic acids is 1. The van der Waals surface area contributed by atoms with E-state index in [1.165, 1.54) is 12.1 Å². The van der Waals surface area contributed by atoms with Crippen molar-refractivity contribution in [3.63, 3.8) is 0 Å². The fourth-order valence-electron chi connectivity index (χ4n) is 4.39. The first-order chi connectivity index (χ1) is 19.7. The van der Waals surface area contributed by atoms with Crippen molar-refractivity contribution in [1.29, 1.82) is 0 Å². The lowest BCUT2D eigenvalue weighted by Gasteiger charge is -2.28. The average molecular weight is 568 g/mol. The summed E-state index contributed by atoms with van der Waals surface area (Å²) in [5.41, 5.74) is 8.76. The summed E-state index contributed by atoms with van der Waals surface area (Å²) >= 11 is 0. The number of hydrogen-bond donors (Lipinski definition) is 2. The third-order valence-electron chi connectivity index (χ3n) is 6.67. The van der Waals surface area contributed by atoms with E-state index in [0.717, 1.165) is 12.1 Å². The van der Waals surface area contributed by atoms with Crippen molar-refractivity contribution in [1.82, 2.24) is 5.32 Å². The number of hydrogen-bond acceptors (Lipinski definition) is 6. The van der Waals surface area contributed by atoms with Crippen molar-refractivity contribution in [3.8, 4) is 5.75 Å². The molecule has 1 heterocycles. The SMILES string of the molecule is C[C@H]1OC(c2ccc(OCCCO)cc2)=N[C@@]1(Cc1ccccc1N=[N+]=[N-])C(=O)NCc1ccc(C(F)(F)F)cc1. The maximum atomic E-state index is 13.8. The van der Waals surface area contributed by atoms with E-state index in [1.807, 2.05) is 0 Å². The fraction of sp³-hybridized carbons (Fsp3) is 0.310. The lowest BCUT2D eigenvalue weighted by atomic mass is 9.85. The van der Waals surface area contributed by atoms with E-state index in [4.69, 9.17) is 25.1 Å². The number of rotatable bonds is 11. The van der Waals surface area contributed by atoms with E-state index in [1.54, 1.807) is 55.5 Å². The van der Waals surface area contributed by atoms with Crippen LogP contribution in [0, 0.1) is 0 Å². The molecule has 1 amide bonds. The molecular weight excluding hydrogens is 539 g/mol. The zero-order chi connectivity index (χ0) is 29.5. The standard InChI is InChI=1S/C29H28F3N5O4/c1-19-28(17-22-5-2-3-6-25(22)36-37-33,27(39)34-18-20-7-11-23(12-8-20)29(30,31)32)35-26(41-19)21-9-13-24(14-10-21)40-16-4-15-38/h2-3,5-14,19,38H,4,15-18H2,1H3,(H,34,39)/t19-,28-/m1/s1. The van der Waals surface area contributed by atoms with Crippen molar-refractivity contribution in [2.24, 2.45) is 10.1 Å². The highest BCUT2D eigenvalue weighted by Gasteiger charge is 2.50. The van der Waals surface area contributed by atoms with Crippen LogP contribution >= 0.6 is 0 Å². The van der Waals surface area contributed by atoms with Gasteiger partial charge in [-0.1, -0.05) is 41.5 Å². The zero-order valence-corrected chi connectivity index (χ0v) is 22.1. The lowest BCUT2D eigenvalue weighted by molar-refractivity contribution is -0.137. The molecule has 1 aliphatic heterocycles. The van der Waals surface area contributed by atoms with Crippen molar-refractivity contribution >= 4 is 17.5 Å². The average Bonchev–Trinajstić information content (AvgIpc) is 3.30. The van der Waals surface area contributed by atoms with E-state index in [2.05, 4.69) is 15.3 Å². The molecule has 0 aromatic heterocycles. The molecule has 214 valence electrons. The Labute approximate surface area is 234 Å². The number of ether oxygens (including phenoxy) is 2. The molecule has 2 N–H and O–H groups in total. The number of aliphatic hydroxyl groups is 1. The van der Waals surface area contributed by atoms with Gasteiger partial charge in [-0.15, -0.1) is 0 Å². The molecular formula is C29H28F3N5O4. The Kier molecular flexibility index (Phi) is 9.16. The number of aliphatic imine (C=N–C) groups is 1. The van der Waals surface area contributed by atoms with Crippen LogP contribution in [0.25, 0.3) is 10.4 Å². The van der Waals surface area contributed by atoms with Gasteiger partial charge < -0.3 is 19.9 Å². The summed E-state index contributed by atoms with van der Waals surface area (Å²) in [7, 11) is 0. The molecule has 0 radical (unpaired) electrons. The maximum absolute atomic E-state index is 13.8. The topological polar surface area (TPSA) is 129 Å². The Morgan fingerprint density at radius 1 is 1.15 bits per heavy atom. The van der Waals surface area contributed by atoms with Gasteiger partial charge in [0.2, 0.25) is 5.90 Å². The van der Waals surface area contributed by atoms with Crippen LogP contribution in [0.1, 0.15) is 35.6 Å². The van der Waals surface area contributed by atoms with Crippen LogP contribution in [0.15, 0.2) is 82.9 Å². The van der Waals surface area contributed by atoms with Crippen molar-refractivity contribution in [2.45, 2.75) is 44.1 Å². The number of alkyl halides is 3. The zero-order valence-electron chi connectivity index (χ0n) is 22.1. The molecule has 1 aliphatic rings. The molecule has 3 aromatic carbocycles. The minimum absolute atomic E-state index is 0.0203. The van der Waals surface area contributed by atoms with Crippen LogP contribution in [0.2, 0.25) is 0 Å². The third kappa shape index (κ3) is 6.97. The van der Waals surface area contributed by atoms with Crippen molar-refractivity contribution < 1.29 is 32.5 Å². The van der Waals surface area contributed by atoms with Crippen molar-refractivity contribution in [3.05, 3.63) is 105 Å². The van der Waals surface area contributed by atoms with E-state index in [0.29, 0.717) is 41.2 Å². The van der Waals surface area contributed by atoms with Crippen LogP contribution in [0.3, 0.4) is 0 Å². The monoisotopic (exact) mass is 567 g/mol. The highest BCUT2D eigenvalue weighted by Crippen LogP contribution is 2.35. The minimum atomic E-state index is -4.46. The Hall–Kier alpha value is -4.54. The van der Waals surface area contributed by atoms with Gasteiger partial charge in [-0.2, -0.15) is 13.2 Å². The number of amides is 1. The number of azide groups is 1. The molecule has 9 nitrogen and oxygen atoms in total. The predicted octanol–water partition coefficient (Wildman–Crippen LogP) is 5.87. The van der Waals surface area contributed by atoms with Gasteiger partial charge in [0.05, 0.1) is 12.2 Å². The Morgan fingerprint density at radius 2 is 1.85 bits per heavy atom. The van der Waals surface area contributed by atoms with E-state index in [9.17, 15) is 18.0 Å². The molecule has 0 saturated heterocycles. The first-order valence-electron chi connectivity index (χ1n) is 12.8. The number of halogens is 3. The molecule has 2 atom stereocenters. The fourth-order valence-corrected chi connectivity index (χ4v) is 4.39. The molecule has 3 aromatic rings. The lowest BCUT2D eigenvalue weighted by Crippen LogP contribution is -2.52. The van der Waals surface area contributed by atoms with Gasteiger partial charge in [0, 0.05) is 42.2 Å². The minimum Gasteiger partial charge on any atom is -0.494 e. The second-order valence-corrected chi connectivity index (χ2v) is 9.42. The first-order valence-corrected chi connectivity index (χ1v) is 12.8. The van der Waals surface area contributed by atoms with Crippen LogP contribution < -0.4 is 10.1 Å². The van der Waals surface area contributed by atoms with Crippen LogP contribution in [-0.2, 0) is 28.7 Å². The number of nitrogens with zero attached hydrogens (tertiary/aromatic N) is 4. The van der Waals surface area contributed by atoms with Crippen LogP contribution in [0.5, 0.6) is 5.75 Å². The summed E-state index contributed by atoms with van der Waals surface area (Å²) in [6.45, 7) is 2.05. The molecule has 0 unspecified atom stereocenters. The molecule has 0 aliphatic carbocycles. The van der Waals surface area contributed by atoms with Gasteiger partial charge in [-0.25, -0.2) is 4.99 Å². The van der Waals surface area contributed by atoms with Crippen LogP contribution in [0.4, 0.5) is 18.9 Å². The highest BCUT2D eigenvalue weighted by atomic mass is 19.4. The Morgan fingerprint density at radius 3 is 2.51 bits per heavy atom. The second kappa shape index (κ2) is 12.8. The van der Waals surface area contributed by atoms with Gasteiger partial charge in [0.15, 0.2) is 5.54 Å². The molecule has 0 spiro atoms. The molecule has 41 heavy (non-hydrogen) atoms. The summed E-state index contributed by atoms with van der Waals surface area (Å²) in [6.07, 6.45) is -4.68. The van der Waals surface area contributed by atoms with Crippen molar-refractivity contribution in [2.75, 3.05) is 13.2 Å². The maximum Gasteiger partial charge on any atom is 0.416 e. The quantitative estimate of drug-likeness (QED) is 0.130. The summed E-state index contributed by atoms with van der Waals surface area (Å²) in [4.78, 5) is 21.4. The molecule has 12 heteroatoms. The molecule has 0 bridgehead atoms. The van der Waals surface area contributed by atoms with E-state index in [-0.39, 0.29) is 25.5 Å². The largest absolute Gasteiger partial charge is 0.494 e. The molecule has 0 fully saturated rings. The van der Waals surface area contributed by atoms with Crippen LogP contribution in [-0.4, -0.2) is 41.8 Å². The number of benzene rings is 3. The predicted molar refractivity (Wildman–Crippen MR) is 146 cm³/mol. The van der Waals surface area contributed by atoms with Gasteiger partial charge in [-0.3, -0.25) is 4.79 Å². The summed E-state index contributed by atoms with van der Waals surface area (Å²) in [5.74, 6) is 0.322. The smallest absolute Gasteiger partial charge is 0.416 e. The summed E-state index contributed by atoms with van der Waals surface area (Å²) in [5, 5.41) is 15.5. The summed E-state index contributed by atoms with van der Waals surface area (Å²) < 4.78 is 50.5. The highest BCUT2D eigenvalue weighted by molar-refractivity contribution is 6.01. The van der Waals surface area contributed by atoms with Gasteiger partial charge in [0.1, 0.15) is 11.9 Å². The first kappa shape index (κ1) is 29.4. The van der Waals surface area contributed by atoms with E-state index < -0.39 is 29.3 Å². The molecule has 0 saturated carbocycles. The Balaban J connectivity index is 1.63. The number of carbonyl (C=O) groups is 1. The summed E-state index contributed by atoms with van der Waals surface area (Å²) in [6, 6.07) is 18.3. The van der Waals surface area contributed by atoms with E-state index >= 15 is 0 Å². The number of nitrogens with one attached hydrogen (secondary N) is 1. The van der Waals surface area contributed by atoms with Gasteiger partial charge in [-0.05, 0) is 60.0 Å². The number of aliphatic hydroxyl groups excluding tert-OH is 1. The van der Waals surface area contributed by atoms with Gasteiger partial charge in [0.25, 0.3) is 5.91 Å². The Bertz CT molecular complexity index is 1440. The normalized spacial score (nSPS) is 18.2.